The van der Waals surface area contributed by atoms with E-state index in [4.69, 9.17) is 11.6 Å². The summed E-state index contributed by atoms with van der Waals surface area (Å²) in [7, 11) is 0. The third-order valence-corrected chi connectivity index (χ3v) is 2.53. The van der Waals surface area contributed by atoms with Crippen molar-refractivity contribution in [2.75, 3.05) is 0 Å². The lowest BCUT2D eigenvalue weighted by atomic mass is 9.98. The van der Waals surface area contributed by atoms with E-state index in [0.29, 0.717) is 0 Å². The Kier molecular flexibility index (Phi) is 5.81. The molecule has 1 unspecified atom stereocenters. The van der Waals surface area contributed by atoms with Crippen LogP contribution in [0.25, 0.3) is 0 Å². The van der Waals surface area contributed by atoms with E-state index in [1.54, 1.807) is 0 Å². The van der Waals surface area contributed by atoms with Gasteiger partial charge in [0.2, 0.25) is 0 Å². The number of halogens is 1. The topological polar surface area (TPSA) is 0 Å². The van der Waals surface area contributed by atoms with Gasteiger partial charge in [-0.3, -0.25) is 0 Å². The van der Waals surface area contributed by atoms with Crippen LogP contribution in [0.2, 0.25) is 0 Å². The normalized spacial score (nSPS) is 13.9. The van der Waals surface area contributed by atoms with E-state index in [1.165, 1.54) is 5.56 Å². The van der Waals surface area contributed by atoms with Crippen LogP contribution < -0.4 is 0 Å². The third kappa shape index (κ3) is 3.82. The minimum Gasteiger partial charge on any atom is -0.114 e. The summed E-state index contributed by atoms with van der Waals surface area (Å²) in [6.07, 6.45) is 0.957. The molecule has 1 aromatic carbocycles. The third-order valence-electron chi connectivity index (χ3n) is 2.04. The lowest BCUT2D eigenvalue weighted by Gasteiger charge is -2.19. The fraction of sp³-hybridized carbons (Fsp3) is 0.500. The summed E-state index contributed by atoms with van der Waals surface area (Å²) in [5.41, 5.74) is 1.20. The summed E-state index contributed by atoms with van der Waals surface area (Å²) in [5.74, 6) is 0. The van der Waals surface area contributed by atoms with Crippen LogP contribution in [0.1, 0.15) is 39.7 Å². The van der Waals surface area contributed by atoms with Gasteiger partial charge in [0.1, 0.15) is 0 Å². The van der Waals surface area contributed by atoms with E-state index < -0.39 is 0 Å². The van der Waals surface area contributed by atoms with E-state index in [0.717, 1.165) is 6.42 Å². The molecule has 0 aliphatic carbocycles. The zero-order valence-corrected chi connectivity index (χ0v) is 9.73. The van der Waals surface area contributed by atoms with Gasteiger partial charge in [0.15, 0.2) is 0 Å². The molecule has 1 rings (SSSR count). The van der Waals surface area contributed by atoms with Crippen LogP contribution in [-0.2, 0) is 4.87 Å². The van der Waals surface area contributed by atoms with Gasteiger partial charge in [-0.15, -0.1) is 11.6 Å². The van der Waals surface area contributed by atoms with Crippen molar-refractivity contribution in [1.82, 2.24) is 0 Å². The molecule has 0 aromatic heterocycles. The van der Waals surface area contributed by atoms with Gasteiger partial charge in [-0.2, -0.15) is 0 Å². The zero-order chi connectivity index (χ0) is 10.3. The zero-order valence-electron chi connectivity index (χ0n) is 8.97. The largest absolute Gasteiger partial charge is 0.114 e. The van der Waals surface area contributed by atoms with Crippen LogP contribution in [0.3, 0.4) is 0 Å². The van der Waals surface area contributed by atoms with Crippen molar-refractivity contribution in [1.29, 1.82) is 0 Å². The number of benzene rings is 1. The SMILES string of the molecule is CC.CCC(C)(Cl)c1ccccc1. The van der Waals surface area contributed by atoms with Crippen molar-refractivity contribution >= 4 is 11.6 Å². The van der Waals surface area contributed by atoms with Crippen molar-refractivity contribution in [3.63, 3.8) is 0 Å². The minimum absolute atomic E-state index is 0.193. The van der Waals surface area contributed by atoms with Crippen LogP contribution >= 0.6 is 11.6 Å². The van der Waals surface area contributed by atoms with Crippen molar-refractivity contribution < 1.29 is 0 Å². The molecule has 1 heteroatoms. The Bertz CT molecular complexity index is 214. The number of hydrogen-bond acceptors (Lipinski definition) is 0. The summed E-state index contributed by atoms with van der Waals surface area (Å²) in [6.45, 7) is 8.14. The maximum atomic E-state index is 6.25. The molecule has 0 aliphatic heterocycles. The van der Waals surface area contributed by atoms with E-state index in [2.05, 4.69) is 19.1 Å². The predicted molar refractivity (Wildman–Crippen MR) is 61.3 cm³/mol. The highest BCUT2D eigenvalue weighted by Gasteiger charge is 2.19. The Morgan fingerprint density at radius 3 is 2.00 bits per heavy atom. The molecule has 74 valence electrons. The smallest absolute Gasteiger partial charge is 0.0664 e. The Morgan fingerprint density at radius 2 is 1.62 bits per heavy atom. The van der Waals surface area contributed by atoms with E-state index in [1.807, 2.05) is 39.0 Å². The average molecular weight is 199 g/mol. The maximum Gasteiger partial charge on any atom is 0.0664 e. The van der Waals surface area contributed by atoms with E-state index in [9.17, 15) is 0 Å². The van der Waals surface area contributed by atoms with Crippen LogP contribution in [0.4, 0.5) is 0 Å². The van der Waals surface area contributed by atoms with Gasteiger partial charge in [-0.05, 0) is 18.9 Å². The predicted octanol–water partition coefficient (Wildman–Crippen LogP) is 4.58. The van der Waals surface area contributed by atoms with Crippen molar-refractivity contribution in [2.45, 2.75) is 39.0 Å². The lowest BCUT2D eigenvalue weighted by Crippen LogP contribution is -2.11. The molecular weight excluding hydrogens is 180 g/mol. The Labute approximate surface area is 86.9 Å². The molecule has 0 aliphatic rings. The van der Waals surface area contributed by atoms with Gasteiger partial charge in [0.25, 0.3) is 0 Å². The van der Waals surface area contributed by atoms with Gasteiger partial charge in [0.05, 0.1) is 4.87 Å². The van der Waals surface area contributed by atoms with Crippen molar-refractivity contribution in [3.05, 3.63) is 35.9 Å². The van der Waals surface area contributed by atoms with E-state index >= 15 is 0 Å². The van der Waals surface area contributed by atoms with Crippen LogP contribution in [0, 0.1) is 0 Å². The van der Waals surface area contributed by atoms with Gasteiger partial charge < -0.3 is 0 Å². The molecule has 0 nitrogen and oxygen atoms in total. The van der Waals surface area contributed by atoms with Gasteiger partial charge >= 0.3 is 0 Å². The molecular formula is C12H19Cl. The van der Waals surface area contributed by atoms with Crippen LogP contribution in [0.5, 0.6) is 0 Å². The van der Waals surface area contributed by atoms with Gasteiger partial charge in [0, 0.05) is 0 Å². The second-order valence-corrected chi connectivity index (χ2v) is 3.75. The number of rotatable bonds is 2. The highest BCUT2D eigenvalue weighted by Crippen LogP contribution is 2.31. The Hall–Kier alpha value is -0.490. The summed E-state index contributed by atoms with van der Waals surface area (Å²) < 4.78 is 0. The molecule has 0 bridgehead atoms. The summed E-state index contributed by atoms with van der Waals surface area (Å²) >= 11 is 6.25. The Balaban J connectivity index is 0.000000671. The fourth-order valence-corrected chi connectivity index (χ4v) is 1.12. The standard InChI is InChI=1S/C10H13Cl.C2H6/c1-3-10(2,11)9-7-5-4-6-8-9;1-2/h4-8H,3H2,1-2H3;1-2H3. The second-order valence-electron chi connectivity index (χ2n) is 2.92. The first-order valence-corrected chi connectivity index (χ1v) is 5.29. The van der Waals surface area contributed by atoms with Gasteiger partial charge in [-0.25, -0.2) is 0 Å². The second kappa shape index (κ2) is 6.04. The maximum absolute atomic E-state index is 6.25. The highest BCUT2D eigenvalue weighted by atomic mass is 35.5. The molecule has 13 heavy (non-hydrogen) atoms. The summed E-state index contributed by atoms with van der Waals surface area (Å²) in [6, 6.07) is 10.2. The molecule has 0 spiro atoms. The molecule has 0 N–H and O–H groups in total. The molecule has 0 amide bonds. The van der Waals surface area contributed by atoms with Crippen LogP contribution in [-0.4, -0.2) is 0 Å². The monoisotopic (exact) mass is 198 g/mol. The molecule has 1 atom stereocenters. The first-order chi connectivity index (χ1) is 6.17. The fourth-order valence-electron chi connectivity index (χ4n) is 0.990. The minimum atomic E-state index is -0.193. The highest BCUT2D eigenvalue weighted by molar-refractivity contribution is 6.23. The quantitative estimate of drug-likeness (QED) is 0.611. The van der Waals surface area contributed by atoms with Crippen LogP contribution in [0.15, 0.2) is 30.3 Å². The molecule has 1 aromatic rings. The lowest BCUT2D eigenvalue weighted by molar-refractivity contribution is 0.650. The van der Waals surface area contributed by atoms with E-state index in [-0.39, 0.29) is 4.87 Å². The summed E-state index contributed by atoms with van der Waals surface area (Å²) in [4.78, 5) is -0.193. The average Bonchev–Trinajstić information content (AvgIpc) is 2.22. The van der Waals surface area contributed by atoms with Crippen molar-refractivity contribution in [3.8, 4) is 0 Å². The molecule has 0 radical (unpaired) electrons. The Morgan fingerprint density at radius 1 is 1.15 bits per heavy atom. The van der Waals surface area contributed by atoms with Crippen molar-refractivity contribution in [2.24, 2.45) is 0 Å². The molecule has 0 heterocycles. The molecule has 0 saturated carbocycles. The first-order valence-electron chi connectivity index (χ1n) is 4.91. The number of alkyl halides is 1. The van der Waals surface area contributed by atoms with Gasteiger partial charge in [-0.1, -0.05) is 51.1 Å². The summed E-state index contributed by atoms with van der Waals surface area (Å²) in [5, 5.41) is 0. The first kappa shape index (κ1) is 12.5. The number of hydrogen-bond donors (Lipinski definition) is 0. The molecule has 0 fully saturated rings. The molecule has 0 saturated heterocycles.